The highest BCUT2D eigenvalue weighted by Crippen LogP contribution is 2.28. The van der Waals surface area contributed by atoms with Crippen molar-refractivity contribution >= 4 is 17.7 Å². The zero-order chi connectivity index (χ0) is 13.7. The van der Waals surface area contributed by atoms with Gasteiger partial charge in [0.15, 0.2) is 0 Å². The Morgan fingerprint density at radius 3 is 2.58 bits per heavy atom. The quantitative estimate of drug-likeness (QED) is 0.595. The molecule has 1 unspecified atom stereocenters. The molecule has 0 spiro atoms. The molecular formula is C15H22N2OS. The van der Waals surface area contributed by atoms with Gasteiger partial charge < -0.3 is 10.6 Å². The Morgan fingerprint density at radius 1 is 1.32 bits per heavy atom. The molecule has 1 aromatic rings. The smallest absolute Gasteiger partial charge is 0.223 e. The van der Waals surface area contributed by atoms with Gasteiger partial charge in [0.05, 0.1) is 0 Å². The SMILES string of the molecule is CSc1ccc(C(C)NCCNC(=O)C2CC2)cc1. The fraction of sp³-hybridized carbons (Fsp3) is 0.533. The fourth-order valence-electron chi connectivity index (χ4n) is 1.97. The summed E-state index contributed by atoms with van der Waals surface area (Å²) in [5.41, 5.74) is 1.28. The first-order valence-corrected chi connectivity index (χ1v) is 8.08. The summed E-state index contributed by atoms with van der Waals surface area (Å²) in [6, 6.07) is 8.92. The number of rotatable bonds is 7. The van der Waals surface area contributed by atoms with Gasteiger partial charge in [-0.1, -0.05) is 12.1 Å². The first-order valence-electron chi connectivity index (χ1n) is 6.85. The van der Waals surface area contributed by atoms with Gasteiger partial charge in [0, 0.05) is 29.9 Å². The Bertz CT molecular complexity index is 415. The second-order valence-corrected chi connectivity index (χ2v) is 5.89. The largest absolute Gasteiger partial charge is 0.355 e. The van der Waals surface area contributed by atoms with E-state index < -0.39 is 0 Å². The Hall–Kier alpha value is -1.00. The van der Waals surface area contributed by atoms with Gasteiger partial charge in [-0.25, -0.2) is 0 Å². The summed E-state index contributed by atoms with van der Waals surface area (Å²) >= 11 is 1.75. The molecule has 1 saturated carbocycles. The number of carbonyl (C=O) groups is 1. The monoisotopic (exact) mass is 278 g/mol. The van der Waals surface area contributed by atoms with Crippen LogP contribution in [0.25, 0.3) is 0 Å². The van der Waals surface area contributed by atoms with Gasteiger partial charge in [0.1, 0.15) is 0 Å². The van der Waals surface area contributed by atoms with Crippen LogP contribution in [0.2, 0.25) is 0 Å². The highest BCUT2D eigenvalue weighted by Gasteiger charge is 2.28. The molecule has 0 saturated heterocycles. The molecule has 2 rings (SSSR count). The number of benzene rings is 1. The van der Waals surface area contributed by atoms with Crippen LogP contribution in [0.3, 0.4) is 0 Å². The van der Waals surface area contributed by atoms with E-state index in [2.05, 4.69) is 48.1 Å². The first kappa shape index (κ1) is 14.4. The standard InChI is InChI=1S/C15H22N2OS/c1-11(12-5-7-14(19-2)8-6-12)16-9-10-17-15(18)13-3-4-13/h5-8,11,13,16H,3-4,9-10H2,1-2H3,(H,17,18). The van der Waals surface area contributed by atoms with Gasteiger partial charge in [-0.2, -0.15) is 0 Å². The number of carbonyl (C=O) groups excluding carboxylic acids is 1. The van der Waals surface area contributed by atoms with Crippen LogP contribution in [0.15, 0.2) is 29.2 Å². The summed E-state index contributed by atoms with van der Waals surface area (Å²) in [4.78, 5) is 12.7. The maximum absolute atomic E-state index is 11.4. The maximum Gasteiger partial charge on any atom is 0.223 e. The summed E-state index contributed by atoms with van der Waals surface area (Å²) in [7, 11) is 0. The van der Waals surface area contributed by atoms with Crippen molar-refractivity contribution in [3.63, 3.8) is 0 Å². The van der Waals surface area contributed by atoms with Gasteiger partial charge in [-0.15, -0.1) is 11.8 Å². The lowest BCUT2D eigenvalue weighted by Gasteiger charge is -2.15. The van der Waals surface area contributed by atoms with Crippen molar-refractivity contribution in [2.24, 2.45) is 5.92 Å². The summed E-state index contributed by atoms with van der Waals surface area (Å²) in [5.74, 6) is 0.523. The van der Waals surface area contributed by atoms with Gasteiger partial charge in [0.25, 0.3) is 0 Å². The molecule has 0 radical (unpaired) electrons. The molecule has 0 bridgehead atoms. The fourth-order valence-corrected chi connectivity index (χ4v) is 2.38. The highest BCUT2D eigenvalue weighted by atomic mass is 32.2. The van der Waals surface area contributed by atoms with E-state index in [1.54, 1.807) is 11.8 Å². The summed E-state index contributed by atoms with van der Waals surface area (Å²) in [5, 5.41) is 6.39. The third-order valence-electron chi connectivity index (χ3n) is 3.44. The van der Waals surface area contributed by atoms with Crippen molar-refractivity contribution in [2.45, 2.75) is 30.7 Å². The van der Waals surface area contributed by atoms with E-state index in [4.69, 9.17) is 0 Å². The average Bonchev–Trinajstić information content (AvgIpc) is 3.27. The third-order valence-corrected chi connectivity index (χ3v) is 4.18. The van der Waals surface area contributed by atoms with Crippen molar-refractivity contribution in [3.05, 3.63) is 29.8 Å². The van der Waals surface area contributed by atoms with Crippen LogP contribution >= 0.6 is 11.8 Å². The Balaban J connectivity index is 1.67. The number of hydrogen-bond donors (Lipinski definition) is 2. The van der Waals surface area contributed by atoms with Crippen molar-refractivity contribution in [1.82, 2.24) is 10.6 Å². The zero-order valence-corrected chi connectivity index (χ0v) is 12.4. The summed E-state index contributed by atoms with van der Waals surface area (Å²) in [6.45, 7) is 3.67. The number of amides is 1. The third kappa shape index (κ3) is 4.55. The van der Waals surface area contributed by atoms with Gasteiger partial charge in [-0.3, -0.25) is 4.79 Å². The van der Waals surface area contributed by atoms with Crippen LogP contribution < -0.4 is 10.6 Å². The number of thioether (sulfide) groups is 1. The van der Waals surface area contributed by atoms with Gasteiger partial charge in [-0.05, 0) is 43.7 Å². The van der Waals surface area contributed by atoms with Crippen LogP contribution in [0.5, 0.6) is 0 Å². The van der Waals surface area contributed by atoms with Crippen LogP contribution in [0.1, 0.15) is 31.4 Å². The van der Waals surface area contributed by atoms with Crippen LogP contribution in [0.4, 0.5) is 0 Å². The van der Waals surface area contributed by atoms with Crippen molar-refractivity contribution < 1.29 is 4.79 Å². The van der Waals surface area contributed by atoms with Crippen LogP contribution in [0, 0.1) is 5.92 Å². The molecule has 104 valence electrons. The highest BCUT2D eigenvalue weighted by molar-refractivity contribution is 7.98. The lowest BCUT2D eigenvalue weighted by atomic mass is 10.1. The average molecular weight is 278 g/mol. The molecule has 1 aliphatic rings. The second-order valence-electron chi connectivity index (χ2n) is 5.01. The Labute approximate surface area is 119 Å². The molecule has 19 heavy (non-hydrogen) atoms. The molecule has 1 aromatic carbocycles. The molecule has 0 aliphatic heterocycles. The van der Waals surface area contributed by atoms with Crippen molar-refractivity contribution in [2.75, 3.05) is 19.3 Å². The minimum absolute atomic E-state index is 0.221. The van der Waals surface area contributed by atoms with Crippen molar-refractivity contribution in [1.29, 1.82) is 0 Å². The van der Waals surface area contributed by atoms with E-state index in [1.165, 1.54) is 10.5 Å². The molecule has 4 heteroatoms. The van der Waals surface area contributed by atoms with E-state index in [0.29, 0.717) is 18.5 Å². The zero-order valence-electron chi connectivity index (χ0n) is 11.6. The lowest BCUT2D eigenvalue weighted by Crippen LogP contribution is -2.33. The van der Waals surface area contributed by atoms with Gasteiger partial charge >= 0.3 is 0 Å². The molecular weight excluding hydrogens is 256 g/mol. The molecule has 1 amide bonds. The van der Waals surface area contributed by atoms with Crippen molar-refractivity contribution in [3.8, 4) is 0 Å². The van der Waals surface area contributed by atoms with Gasteiger partial charge in [0.2, 0.25) is 5.91 Å². The maximum atomic E-state index is 11.4. The number of nitrogens with one attached hydrogen (secondary N) is 2. The molecule has 2 N–H and O–H groups in total. The van der Waals surface area contributed by atoms with Crippen LogP contribution in [-0.4, -0.2) is 25.3 Å². The molecule has 0 aromatic heterocycles. The predicted octanol–water partition coefficient (Wildman–Crippen LogP) is 2.59. The summed E-state index contributed by atoms with van der Waals surface area (Å²) < 4.78 is 0. The first-order chi connectivity index (χ1) is 9.20. The van der Waals surface area contributed by atoms with E-state index >= 15 is 0 Å². The van der Waals surface area contributed by atoms with E-state index in [-0.39, 0.29) is 5.91 Å². The summed E-state index contributed by atoms with van der Waals surface area (Å²) in [6.07, 6.45) is 4.22. The molecule has 1 fully saturated rings. The minimum Gasteiger partial charge on any atom is -0.355 e. The molecule has 1 atom stereocenters. The molecule has 1 aliphatic carbocycles. The minimum atomic E-state index is 0.221. The van der Waals surface area contributed by atoms with E-state index in [0.717, 1.165) is 19.4 Å². The molecule has 0 heterocycles. The number of hydrogen-bond acceptors (Lipinski definition) is 3. The van der Waals surface area contributed by atoms with E-state index in [9.17, 15) is 4.79 Å². The Kier molecular flexibility index (Phi) is 5.28. The normalized spacial score (nSPS) is 16.1. The predicted molar refractivity (Wildman–Crippen MR) is 80.4 cm³/mol. The van der Waals surface area contributed by atoms with E-state index in [1.807, 2.05) is 0 Å². The topological polar surface area (TPSA) is 41.1 Å². The van der Waals surface area contributed by atoms with Crippen LogP contribution in [-0.2, 0) is 4.79 Å². The Morgan fingerprint density at radius 2 is 2.00 bits per heavy atom. The lowest BCUT2D eigenvalue weighted by molar-refractivity contribution is -0.122. The second kappa shape index (κ2) is 6.96. The molecule has 3 nitrogen and oxygen atoms in total.